The van der Waals surface area contributed by atoms with Crippen LogP contribution in [0.3, 0.4) is 0 Å². The second-order valence-electron chi connectivity index (χ2n) is 17.2. The fraction of sp³-hybridized carbons (Fsp3) is 0.796. The number of allylic oxidation sites excluding steroid dienone is 9. The molecule has 1 amide bonds. The lowest BCUT2D eigenvalue weighted by Crippen LogP contribution is -2.45. The van der Waals surface area contributed by atoms with Gasteiger partial charge in [0, 0.05) is 6.42 Å². The highest BCUT2D eigenvalue weighted by molar-refractivity contribution is 5.76. The van der Waals surface area contributed by atoms with Crippen molar-refractivity contribution in [1.29, 1.82) is 0 Å². The molecular weight excluding hydrogens is 711 g/mol. The zero-order valence-corrected chi connectivity index (χ0v) is 38.8. The largest absolute Gasteiger partial charge is 0.394 e. The van der Waals surface area contributed by atoms with Gasteiger partial charge in [-0.1, -0.05) is 235 Å². The third kappa shape index (κ3) is 45.2. The van der Waals surface area contributed by atoms with Gasteiger partial charge in [-0.05, 0) is 77.0 Å². The Labute approximate surface area is 362 Å². The Balaban J connectivity index is 3.54. The number of carbonyl (C=O) groups excluding carboxylic acids is 1. The number of aliphatic hydroxyl groups is 2. The highest BCUT2D eigenvalue weighted by atomic mass is 16.3. The topological polar surface area (TPSA) is 69.6 Å². The van der Waals surface area contributed by atoms with Crippen LogP contribution in [0.2, 0.25) is 0 Å². The Morgan fingerprint density at radius 1 is 0.414 bits per heavy atom. The van der Waals surface area contributed by atoms with Crippen molar-refractivity contribution in [3.8, 4) is 0 Å². The van der Waals surface area contributed by atoms with Crippen LogP contribution in [0.1, 0.15) is 258 Å². The van der Waals surface area contributed by atoms with Crippen molar-refractivity contribution in [2.24, 2.45) is 0 Å². The first-order valence-electron chi connectivity index (χ1n) is 25.5. The molecule has 2 unspecified atom stereocenters. The molecule has 0 saturated heterocycles. The van der Waals surface area contributed by atoms with Gasteiger partial charge in [0.1, 0.15) is 0 Å². The minimum Gasteiger partial charge on any atom is -0.394 e. The summed E-state index contributed by atoms with van der Waals surface area (Å²) in [7, 11) is 0. The fourth-order valence-electron chi connectivity index (χ4n) is 7.54. The zero-order chi connectivity index (χ0) is 42.1. The van der Waals surface area contributed by atoms with E-state index in [4.69, 9.17) is 0 Å². The lowest BCUT2D eigenvalue weighted by Gasteiger charge is -2.19. The van der Waals surface area contributed by atoms with Gasteiger partial charge in [0.2, 0.25) is 5.91 Å². The standard InChI is InChI=1S/C54H99NO3/c1-3-5-7-9-11-13-15-17-19-21-22-23-24-25-26-27-28-29-30-31-32-34-36-38-40-42-44-46-48-50-54(58)55-52(51-56)53(57)49-47-45-43-41-39-37-35-33-20-18-16-14-12-10-8-6-4-2/h15,17,20-22,33,39,41,47,49,52-53,56-57H,3-14,16,18-19,23-32,34-38,40,42-46,48,50-51H2,1-2H3,(H,55,58)/b17-15-,22-21-,33-20+,41-39+,49-47+. The summed E-state index contributed by atoms with van der Waals surface area (Å²) in [5.74, 6) is -0.0771. The van der Waals surface area contributed by atoms with E-state index in [1.165, 1.54) is 193 Å². The Kier molecular flexibility index (Phi) is 47.8. The zero-order valence-electron chi connectivity index (χ0n) is 38.8. The fourth-order valence-corrected chi connectivity index (χ4v) is 7.54. The first kappa shape index (κ1) is 56.1. The minimum atomic E-state index is -0.871. The molecule has 0 aromatic rings. The highest BCUT2D eigenvalue weighted by Gasteiger charge is 2.17. The molecule has 4 nitrogen and oxygen atoms in total. The van der Waals surface area contributed by atoms with Crippen molar-refractivity contribution in [2.45, 2.75) is 270 Å². The molecule has 2 atom stereocenters. The maximum atomic E-state index is 12.4. The number of hydrogen-bond donors (Lipinski definition) is 3. The third-order valence-electron chi connectivity index (χ3n) is 11.5. The number of amides is 1. The Morgan fingerprint density at radius 3 is 1.10 bits per heavy atom. The van der Waals surface area contributed by atoms with Crippen molar-refractivity contribution < 1.29 is 15.0 Å². The number of unbranched alkanes of at least 4 members (excludes halogenated alkanes) is 31. The van der Waals surface area contributed by atoms with Crippen LogP contribution >= 0.6 is 0 Å². The van der Waals surface area contributed by atoms with Crippen LogP contribution in [-0.2, 0) is 4.79 Å². The molecular formula is C54H99NO3. The van der Waals surface area contributed by atoms with Gasteiger partial charge in [0.15, 0.2) is 0 Å². The molecule has 0 aromatic carbocycles. The number of rotatable bonds is 46. The van der Waals surface area contributed by atoms with Gasteiger partial charge < -0.3 is 15.5 Å². The normalized spacial score (nSPS) is 13.4. The van der Waals surface area contributed by atoms with E-state index in [1.54, 1.807) is 6.08 Å². The minimum absolute atomic E-state index is 0.0771. The molecule has 338 valence electrons. The van der Waals surface area contributed by atoms with E-state index in [9.17, 15) is 15.0 Å². The summed E-state index contributed by atoms with van der Waals surface area (Å²) >= 11 is 0. The van der Waals surface area contributed by atoms with Gasteiger partial charge in [-0.3, -0.25) is 4.79 Å². The number of aliphatic hydroxyl groups excluding tert-OH is 2. The maximum absolute atomic E-state index is 12.4. The summed E-state index contributed by atoms with van der Waals surface area (Å²) < 4.78 is 0. The van der Waals surface area contributed by atoms with E-state index in [2.05, 4.69) is 67.8 Å². The summed E-state index contributed by atoms with van der Waals surface area (Å²) in [6.07, 6.45) is 69.3. The van der Waals surface area contributed by atoms with E-state index in [-0.39, 0.29) is 12.5 Å². The van der Waals surface area contributed by atoms with Gasteiger partial charge in [0.05, 0.1) is 18.8 Å². The van der Waals surface area contributed by atoms with Crippen molar-refractivity contribution in [3.05, 3.63) is 60.8 Å². The average Bonchev–Trinajstić information content (AvgIpc) is 3.23. The highest BCUT2D eigenvalue weighted by Crippen LogP contribution is 2.15. The second kappa shape index (κ2) is 49.5. The lowest BCUT2D eigenvalue weighted by molar-refractivity contribution is -0.123. The van der Waals surface area contributed by atoms with Crippen molar-refractivity contribution in [2.75, 3.05) is 6.61 Å². The van der Waals surface area contributed by atoms with Crippen LogP contribution in [0.4, 0.5) is 0 Å². The van der Waals surface area contributed by atoms with Crippen LogP contribution in [0.15, 0.2) is 60.8 Å². The first-order chi connectivity index (χ1) is 28.7. The molecule has 0 aliphatic rings. The van der Waals surface area contributed by atoms with E-state index in [0.717, 1.165) is 44.9 Å². The molecule has 0 aliphatic carbocycles. The number of hydrogen-bond acceptors (Lipinski definition) is 3. The predicted octanol–water partition coefficient (Wildman–Crippen LogP) is 16.5. The Hall–Kier alpha value is -1.91. The van der Waals surface area contributed by atoms with Crippen LogP contribution in [0, 0.1) is 0 Å². The molecule has 4 heteroatoms. The SMILES string of the molecule is CCCCCCC/C=C\C/C=C\CCCCCCCCCCCCCCCCCCCC(=O)NC(CO)C(O)/C=C/CC/C=C/CC/C=C/CCCCCCCCC. The van der Waals surface area contributed by atoms with Gasteiger partial charge in [-0.15, -0.1) is 0 Å². The third-order valence-corrected chi connectivity index (χ3v) is 11.5. The van der Waals surface area contributed by atoms with Gasteiger partial charge in [0.25, 0.3) is 0 Å². The van der Waals surface area contributed by atoms with E-state index in [0.29, 0.717) is 6.42 Å². The lowest BCUT2D eigenvalue weighted by atomic mass is 10.0. The first-order valence-corrected chi connectivity index (χ1v) is 25.5. The van der Waals surface area contributed by atoms with Crippen LogP contribution in [0.25, 0.3) is 0 Å². The Morgan fingerprint density at radius 2 is 0.724 bits per heavy atom. The molecule has 0 aliphatic heterocycles. The monoisotopic (exact) mass is 810 g/mol. The van der Waals surface area contributed by atoms with E-state index in [1.807, 2.05) is 6.08 Å². The summed E-state index contributed by atoms with van der Waals surface area (Å²) in [5, 5.41) is 23.0. The summed E-state index contributed by atoms with van der Waals surface area (Å²) in [4.78, 5) is 12.4. The Bertz CT molecular complexity index is 965. The smallest absolute Gasteiger partial charge is 0.220 e. The molecule has 3 N–H and O–H groups in total. The van der Waals surface area contributed by atoms with Gasteiger partial charge in [-0.25, -0.2) is 0 Å². The van der Waals surface area contributed by atoms with Gasteiger partial charge >= 0.3 is 0 Å². The molecule has 0 saturated carbocycles. The predicted molar refractivity (Wildman–Crippen MR) is 258 cm³/mol. The van der Waals surface area contributed by atoms with Crippen LogP contribution in [0.5, 0.6) is 0 Å². The number of nitrogens with one attached hydrogen (secondary N) is 1. The summed E-state index contributed by atoms with van der Waals surface area (Å²) in [5.41, 5.74) is 0. The van der Waals surface area contributed by atoms with Crippen LogP contribution in [-0.4, -0.2) is 34.9 Å². The number of carbonyl (C=O) groups is 1. The van der Waals surface area contributed by atoms with E-state index >= 15 is 0 Å². The molecule has 0 radical (unpaired) electrons. The summed E-state index contributed by atoms with van der Waals surface area (Å²) in [6.45, 7) is 4.28. The van der Waals surface area contributed by atoms with Crippen LogP contribution < -0.4 is 5.32 Å². The van der Waals surface area contributed by atoms with Gasteiger partial charge in [-0.2, -0.15) is 0 Å². The second-order valence-corrected chi connectivity index (χ2v) is 17.2. The molecule has 0 heterocycles. The molecule has 0 aromatic heterocycles. The summed E-state index contributed by atoms with van der Waals surface area (Å²) in [6, 6.07) is -0.646. The molecule has 0 spiro atoms. The molecule has 0 bridgehead atoms. The molecule has 0 rings (SSSR count). The van der Waals surface area contributed by atoms with E-state index < -0.39 is 12.1 Å². The average molecular weight is 810 g/mol. The molecule has 0 fully saturated rings. The maximum Gasteiger partial charge on any atom is 0.220 e. The molecule has 58 heavy (non-hydrogen) atoms. The quantitative estimate of drug-likeness (QED) is 0.0424. The van der Waals surface area contributed by atoms with Crippen molar-refractivity contribution in [1.82, 2.24) is 5.32 Å². The van der Waals surface area contributed by atoms with Crippen molar-refractivity contribution in [3.63, 3.8) is 0 Å². The van der Waals surface area contributed by atoms with Crippen molar-refractivity contribution >= 4 is 5.91 Å².